The van der Waals surface area contributed by atoms with Gasteiger partial charge in [-0.3, -0.25) is 4.68 Å². The van der Waals surface area contributed by atoms with Crippen LogP contribution < -0.4 is 4.90 Å². The van der Waals surface area contributed by atoms with E-state index in [0.29, 0.717) is 11.7 Å². The van der Waals surface area contributed by atoms with E-state index < -0.39 is 5.97 Å². The van der Waals surface area contributed by atoms with Crippen LogP contribution in [0.25, 0.3) is 11.0 Å². The number of aryl methyl sites for hydroxylation is 2. The fourth-order valence-corrected chi connectivity index (χ4v) is 2.95. The lowest BCUT2D eigenvalue weighted by molar-refractivity contribution is 0.0697. The molecule has 0 amide bonds. The summed E-state index contributed by atoms with van der Waals surface area (Å²) in [5.74, 6) is 0.336. The molecule has 3 rings (SSSR count). The predicted octanol–water partition coefficient (Wildman–Crippen LogP) is 2.21. The molecule has 0 atom stereocenters. The quantitative estimate of drug-likeness (QED) is 0.917. The van der Waals surface area contributed by atoms with E-state index in [1.165, 1.54) is 0 Å². The maximum absolute atomic E-state index is 11.6. The van der Waals surface area contributed by atoms with Crippen molar-refractivity contribution in [3.05, 3.63) is 17.3 Å². The number of fused-ring (bicyclic) bond motifs is 1. The van der Waals surface area contributed by atoms with Gasteiger partial charge in [0.15, 0.2) is 5.65 Å². The molecule has 1 aliphatic heterocycles. The molecule has 6 nitrogen and oxygen atoms in total. The third-order valence-electron chi connectivity index (χ3n) is 4.29. The number of carbonyl (C=O) groups is 1. The molecule has 0 aliphatic carbocycles. The number of anilines is 1. The molecule has 1 saturated heterocycles. The van der Waals surface area contributed by atoms with Crippen molar-refractivity contribution in [1.82, 2.24) is 14.8 Å². The number of piperidine rings is 1. The predicted molar refractivity (Wildman–Crippen MR) is 80.8 cm³/mol. The molecule has 0 radical (unpaired) electrons. The van der Waals surface area contributed by atoms with Crippen molar-refractivity contribution in [2.75, 3.05) is 18.0 Å². The lowest BCUT2D eigenvalue weighted by Gasteiger charge is -2.32. The molecule has 2 aromatic heterocycles. The van der Waals surface area contributed by atoms with Gasteiger partial charge in [-0.15, -0.1) is 0 Å². The zero-order valence-electron chi connectivity index (χ0n) is 12.6. The van der Waals surface area contributed by atoms with Crippen LogP contribution >= 0.6 is 0 Å². The largest absolute Gasteiger partial charge is 0.478 e. The average molecular weight is 288 g/mol. The van der Waals surface area contributed by atoms with Gasteiger partial charge < -0.3 is 10.0 Å². The molecule has 1 fully saturated rings. The molecule has 1 aliphatic rings. The molecule has 0 unspecified atom stereocenters. The lowest BCUT2D eigenvalue weighted by Crippen LogP contribution is -2.34. The zero-order chi connectivity index (χ0) is 15.1. The second kappa shape index (κ2) is 5.02. The molecule has 112 valence electrons. The standard InChI is InChI=1S/C15H20N4O2/c1-9-4-6-19(7-5-9)14-12(15(20)21)8-11-10(2)17-18(3)13(11)16-14/h8-9H,4-7H2,1-3H3,(H,20,21). The zero-order valence-corrected chi connectivity index (χ0v) is 12.6. The number of carboxylic acids is 1. The third kappa shape index (κ3) is 2.34. The van der Waals surface area contributed by atoms with E-state index in [2.05, 4.69) is 21.9 Å². The summed E-state index contributed by atoms with van der Waals surface area (Å²) in [6.07, 6.45) is 2.15. The van der Waals surface area contributed by atoms with Crippen LogP contribution in [0.5, 0.6) is 0 Å². The lowest BCUT2D eigenvalue weighted by atomic mass is 9.99. The Labute approximate surface area is 123 Å². The van der Waals surface area contributed by atoms with E-state index in [0.717, 1.165) is 42.7 Å². The molecule has 0 saturated carbocycles. The highest BCUT2D eigenvalue weighted by Gasteiger charge is 2.24. The first-order chi connectivity index (χ1) is 9.97. The van der Waals surface area contributed by atoms with Gasteiger partial charge in [0.1, 0.15) is 11.4 Å². The van der Waals surface area contributed by atoms with Crippen molar-refractivity contribution in [2.24, 2.45) is 13.0 Å². The number of hydrogen-bond acceptors (Lipinski definition) is 4. The Kier molecular flexibility index (Phi) is 3.31. The van der Waals surface area contributed by atoms with Crippen molar-refractivity contribution < 1.29 is 9.90 Å². The van der Waals surface area contributed by atoms with Gasteiger partial charge in [0, 0.05) is 25.5 Å². The minimum atomic E-state index is -0.929. The first-order valence-electron chi connectivity index (χ1n) is 7.30. The number of pyridine rings is 1. The Morgan fingerprint density at radius 1 is 1.38 bits per heavy atom. The summed E-state index contributed by atoms with van der Waals surface area (Å²) >= 11 is 0. The fourth-order valence-electron chi connectivity index (χ4n) is 2.95. The van der Waals surface area contributed by atoms with Gasteiger partial charge in [-0.25, -0.2) is 9.78 Å². The first-order valence-corrected chi connectivity index (χ1v) is 7.30. The van der Waals surface area contributed by atoms with Gasteiger partial charge in [0.05, 0.1) is 5.69 Å². The summed E-state index contributed by atoms with van der Waals surface area (Å²) in [5.41, 5.74) is 1.82. The van der Waals surface area contributed by atoms with E-state index in [1.54, 1.807) is 10.7 Å². The number of aromatic carboxylic acids is 1. The van der Waals surface area contributed by atoms with Gasteiger partial charge in [-0.1, -0.05) is 6.92 Å². The van der Waals surface area contributed by atoms with Crippen LogP contribution in [0.4, 0.5) is 5.82 Å². The van der Waals surface area contributed by atoms with Crippen molar-refractivity contribution >= 4 is 22.8 Å². The van der Waals surface area contributed by atoms with E-state index in [4.69, 9.17) is 0 Å². The molecular weight excluding hydrogens is 268 g/mol. The molecule has 0 aromatic carbocycles. The summed E-state index contributed by atoms with van der Waals surface area (Å²) in [7, 11) is 1.84. The summed E-state index contributed by atoms with van der Waals surface area (Å²) in [5, 5.41) is 14.7. The summed E-state index contributed by atoms with van der Waals surface area (Å²) in [4.78, 5) is 18.3. The highest BCUT2D eigenvalue weighted by molar-refractivity contribution is 5.98. The van der Waals surface area contributed by atoms with E-state index in [9.17, 15) is 9.90 Å². The molecule has 1 N–H and O–H groups in total. The number of nitrogens with zero attached hydrogens (tertiary/aromatic N) is 4. The molecule has 2 aromatic rings. The topological polar surface area (TPSA) is 71.2 Å². The van der Waals surface area contributed by atoms with Gasteiger partial charge >= 0.3 is 5.97 Å². The SMILES string of the molecule is Cc1nn(C)c2nc(N3CCC(C)CC3)c(C(=O)O)cc12. The molecule has 3 heterocycles. The van der Waals surface area contributed by atoms with Crippen LogP contribution in [0.2, 0.25) is 0 Å². The van der Waals surface area contributed by atoms with Crippen LogP contribution in [-0.4, -0.2) is 38.9 Å². The highest BCUT2D eigenvalue weighted by Crippen LogP contribution is 2.28. The van der Waals surface area contributed by atoms with Crippen molar-refractivity contribution in [3.63, 3.8) is 0 Å². The Bertz CT molecular complexity index is 699. The van der Waals surface area contributed by atoms with Crippen LogP contribution in [0.1, 0.15) is 35.8 Å². The summed E-state index contributed by atoms with van der Waals surface area (Å²) in [6.45, 7) is 5.82. The van der Waals surface area contributed by atoms with E-state index >= 15 is 0 Å². The monoisotopic (exact) mass is 288 g/mol. The molecule has 21 heavy (non-hydrogen) atoms. The molecule has 6 heteroatoms. The summed E-state index contributed by atoms with van der Waals surface area (Å²) in [6, 6.07) is 1.71. The number of carboxylic acid groups (broad SMARTS) is 1. The molecular formula is C15H20N4O2. The van der Waals surface area contributed by atoms with E-state index in [1.807, 2.05) is 14.0 Å². The maximum Gasteiger partial charge on any atom is 0.339 e. The van der Waals surface area contributed by atoms with Crippen molar-refractivity contribution in [3.8, 4) is 0 Å². The minimum absolute atomic E-state index is 0.271. The number of rotatable bonds is 2. The maximum atomic E-state index is 11.6. The molecule has 0 spiro atoms. The Morgan fingerprint density at radius 2 is 2.05 bits per heavy atom. The van der Waals surface area contributed by atoms with Crippen LogP contribution in [0, 0.1) is 12.8 Å². The smallest absolute Gasteiger partial charge is 0.339 e. The van der Waals surface area contributed by atoms with Crippen LogP contribution in [-0.2, 0) is 7.05 Å². The number of hydrogen-bond donors (Lipinski definition) is 1. The minimum Gasteiger partial charge on any atom is -0.478 e. The second-order valence-corrected chi connectivity index (χ2v) is 5.91. The normalized spacial score (nSPS) is 16.6. The van der Waals surface area contributed by atoms with Gasteiger partial charge in [-0.05, 0) is 31.7 Å². The van der Waals surface area contributed by atoms with Gasteiger partial charge in [0.25, 0.3) is 0 Å². The van der Waals surface area contributed by atoms with Crippen LogP contribution in [0.3, 0.4) is 0 Å². The summed E-state index contributed by atoms with van der Waals surface area (Å²) < 4.78 is 1.71. The van der Waals surface area contributed by atoms with E-state index in [-0.39, 0.29) is 5.56 Å². The molecule has 0 bridgehead atoms. The third-order valence-corrected chi connectivity index (χ3v) is 4.29. The fraction of sp³-hybridized carbons (Fsp3) is 0.533. The first kappa shape index (κ1) is 13.9. The van der Waals surface area contributed by atoms with Crippen molar-refractivity contribution in [1.29, 1.82) is 0 Å². The average Bonchev–Trinajstić information content (AvgIpc) is 2.73. The van der Waals surface area contributed by atoms with Gasteiger partial charge in [0.2, 0.25) is 0 Å². The van der Waals surface area contributed by atoms with Gasteiger partial charge in [-0.2, -0.15) is 5.10 Å². The Morgan fingerprint density at radius 3 is 2.67 bits per heavy atom. The highest BCUT2D eigenvalue weighted by atomic mass is 16.4. The van der Waals surface area contributed by atoms with Crippen LogP contribution in [0.15, 0.2) is 6.07 Å². The second-order valence-electron chi connectivity index (χ2n) is 5.91. The Balaban J connectivity index is 2.13. The van der Waals surface area contributed by atoms with Crippen molar-refractivity contribution in [2.45, 2.75) is 26.7 Å². The number of aromatic nitrogens is 3. The Hall–Kier alpha value is -2.11.